The fourth-order valence-corrected chi connectivity index (χ4v) is 15.7. The van der Waals surface area contributed by atoms with Crippen LogP contribution in [0, 0.1) is 20.8 Å². The molecule has 0 spiro atoms. The van der Waals surface area contributed by atoms with E-state index in [0.717, 1.165) is 49.8 Å². The monoisotopic (exact) mass is 1840 g/mol. The van der Waals surface area contributed by atoms with Crippen LogP contribution in [0.3, 0.4) is 0 Å². The molecule has 0 aliphatic heterocycles. The number of aryl methyl sites for hydroxylation is 4. The minimum Gasteiger partial charge on any atom is -0.244 e. The summed E-state index contributed by atoms with van der Waals surface area (Å²) in [6.07, 6.45) is 18.9. The highest BCUT2D eigenvalue weighted by Gasteiger charge is 2.35. The van der Waals surface area contributed by atoms with Gasteiger partial charge in [-0.05, 0) is 120 Å². The van der Waals surface area contributed by atoms with E-state index in [2.05, 4.69) is 433 Å². The van der Waals surface area contributed by atoms with E-state index in [-0.39, 0.29) is 62.7 Å². The number of tetrazole rings is 1. The van der Waals surface area contributed by atoms with Crippen molar-refractivity contribution in [3.05, 3.63) is 332 Å². The molecule has 0 saturated heterocycles. The van der Waals surface area contributed by atoms with E-state index in [0.29, 0.717) is 0 Å². The fourth-order valence-electron chi connectivity index (χ4n) is 14.7. The van der Waals surface area contributed by atoms with Crippen molar-refractivity contribution < 1.29 is 59.4 Å². The Hall–Kier alpha value is -11.9. The van der Waals surface area contributed by atoms with Crippen LogP contribution >= 0.6 is 23.1 Å². The first-order valence-electron chi connectivity index (χ1n) is 45.7. The molecule has 0 bridgehead atoms. The van der Waals surface area contributed by atoms with Gasteiger partial charge >= 0.3 is 0 Å². The number of hydrogen-bond acceptors (Lipinski definition) is 8. The molecular weight excluding hydrogens is 1680 g/mol. The summed E-state index contributed by atoms with van der Waals surface area (Å²) in [5, 5.41) is 16.2. The van der Waals surface area contributed by atoms with Crippen LogP contribution < -0.4 is 45.8 Å². The average molecular weight is 1840 g/mol. The Balaban J connectivity index is 0.000000203. The van der Waals surface area contributed by atoms with Crippen LogP contribution in [0.5, 0.6) is 0 Å². The van der Waals surface area contributed by atoms with E-state index in [1.165, 1.54) is 49.7 Å². The van der Waals surface area contributed by atoms with Gasteiger partial charge in [-0.15, -0.1) is 3.96 Å². The van der Waals surface area contributed by atoms with E-state index in [9.17, 15) is 0 Å². The van der Waals surface area contributed by atoms with Gasteiger partial charge in [0.2, 0.25) is 67.5 Å². The van der Waals surface area contributed by atoms with Crippen molar-refractivity contribution in [2.45, 2.75) is 291 Å². The summed E-state index contributed by atoms with van der Waals surface area (Å²) < 4.78 is 35.7. The van der Waals surface area contributed by atoms with Crippen molar-refractivity contribution in [3.8, 4) is 17.0 Å². The second kappa shape index (κ2) is 45.7. The Morgan fingerprint density at radius 1 is 0.398 bits per heavy atom. The molecule has 0 saturated carbocycles. The van der Waals surface area contributed by atoms with E-state index in [1.807, 2.05) is 154 Å². The predicted octanol–water partition coefficient (Wildman–Crippen LogP) is 24.2. The van der Waals surface area contributed by atoms with Crippen molar-refractivity contribution in [1.29, 1.82) is 0 Å². The molecule has 0 unspecified atom stereocenters. The number of hydrogen-bond donors (Lipinski definition) is 0. The van der Waals surface area contributed by atoms with Gasteiger partial charge in [0.25, 0.3) is 12.7 Å². The van der Waals surface area contributed by atoms with Crippen LogP contribution in [0.2, 0.25) is 5.02 Å². The standard InChI is InChI=1S/C17H17ClN.C14H18NO.C14H18N.C13H16N.C12H15N2.C11H15N4.C9H16NO.C8H13N2.C7H12NO.C7H12NS.CH4/c1-17(2,3)19-14-10-6-4-8-12(14)16(18)13-9-5-7-11-15(13)19;1-11-10-13(12-8-6-5-7-9-12)16-15(11)14(2,3)4;1-14(2,3)13-10-9-11-7-5-6-8-12(11)15(13)4;1-13(2,3)14-10-6-8-11-7-4-5-9-12(11)14;1-12(2,3)14-9-8-13-10-6-4-5-7-11(10)14;1-11(2,3)15-13-9-12-14(15)10-7-5-4-6-8-10;1-7-6-8(2)11-10(7)9(3,4)5;1-8(2,3)10-6-4-5-9-7-10;2*1-7(2,3)8-5-4-6-9-8;/h4-11H,1-3H3;5-10H,1-4H3;5-10H,1-4H3;4-10H,1-3H3;4-9H,1-3H3;4-9H,1-3H3;6H,1-5H3;4-7H,1-3H3;2*4-6H,1-3H3;1H4/q10*+1;. The zero-order chi connectivity index (χ0) is 97.8. The molecule has 0 fully saturated rings. The molecule has 20 heteroatoms. The Kier molecular flexibility index (Phi) is 37.1. The van der Waals surface area contributed by atoms with Gasteiger partial charge in [0, 0.05) is 253 Å². The van der Waals surface area contributed by atoms with E-state index in [1.54, 1.807) is 35.1 Å². The van der Waals surface area contributed by atoms with Gasteiger partial charge in [-0.3, -0.25) is 0 Å². The third kappa shape index (κ3) is 31.1. The normalized spacial score (nSPS) is 11.8. The molecule has 7 aromatic carbocycles. The molecule has 0 aliphatic rings. The molecule has 704 valence electrons. The Labute approximate surface area is 804 Å². The first-order chi connectivity index (χ1) is 61.5. The second-order valence-electron chi connectivity index (χ2n) is 43.0. The number of pyridine rings is 3. The topological polar surface area (TPSA) is 135 Å². The van der Waals surface area contributed by atoms with Gasteiger partial charge in [0.15, 0.2) is 58.5 Å². The van der Waals surface area contributed by atoms with Crippen LogP contribution in [0.1, 0.15) is 238 Å². The highest BCUT2D eigenvalue weighted by molar-refractivity contribution is 6.99. The fraction of sp³-hybridized carbons (Fsp3) is 0.398. The van der Waals surface area contributed by atoms with Crippen molar-refractivity contribution >= 4 is 77.8 Å². The number of halogens is 1. The molecule has 0 amide bonds. The minimum absolute atomic E-state index is 0. The maximum Gasteiger partial charge on any atom is 0.297 e. The largest absolute Gasteiger partial charge is 0.297 e. The van der Waals surface area contributed by atoms with Crippen LogP contribution in [-0.2, 0) is 62.3 Å². The van der Waals surface area contributed by atoms with Crippen molar-refractivity contribution in [2.75, 3.05) is 0 Å². The summed E-state index contributed by atoms with van der Waals surface area (Å²) in [6.45, 7) is 71.2. The van der Waals surface area contributed by atoms with Gasteiger partial charge < -0.3 is 0 Å². The number of nitrogens with zero attached hydrogens (tertiary/aromatic N) is 15. The molecule has 0 atom stereocenters. The maximum atomic E-state index is 6.58. The van der Waals surface area contributed by atoms with E-state index in [4.69, 9.17) is 25.2 Å². The molecule has 10 heterocycles. The average Bonchev–Trinajstić information content (AvgIpc) is 1.65. The third-order valence-corrected chi connectivity index (χ3v) is 22.4. The number of benzene rings is 7. The molecular formula is C113H156ClN15O3S+10. The lowest BCUT2D eigenvalue weighted by Gasteiger charge is -2.18. The summed E-state index contributed by atoms with van der Waals surface area (Å²) in [5.74, 6) is 1.89. The molecule has 0 N–H and O–H groups in total. The van der Waals surface area contributed by atoms with E-state index >= 15 is 0 Å². The number of fused-ring (bicyclic) bond motifs is 5. The predicted molar refractivity (Wildman–Crippen MR) is 545 cm³/mol. The van der Waals surface area contributed by atoms with Gasteiger partial charge in [-0.1, -0.05) is 154 Å². The third-order valence-electron chi connectivity index (χ3n) is 20.8. The Morgan fingerprint density at radius 2 is 0.895 bits per heavy atom. The lowest BCUT2D eigenvalue weighted by molar-refractivity contribution is -0.911. The summed E-state index contributed by atoms with van der Waals surface area (Å²) in [4.78, 5) is 12.0. The van der Waals surface area contributed by atoms with Crippen molar-refractivity contribution in [1.82, 2.24) is 25.0 Å². The van der Waals surface area contributed by atoms with Crippen LogP contribution in [-0.4, -0.2) is 25.0 Å². The van der Waals surface area contributed by atoms with Crippen molar-refractivity contribution in [3.63, 3.8) is 0 Å². The zero-order valence-electron chi connectivity index (χ0n) is 85.6. The smallest absolute Gasteiger partial charge is 0.244 e. The van der Waals surface area contributed by atoms with Crippen LogP contribution in [0.25, 0.3) is 71.7 Å². The second-order valence-corrected chi connectivity index (χ2v) is 44.2. The molecule has 133 heavy (non-hydrogen) atoms. The zero-order valence-corrected chi connectivity index (χ0v) is 87.2. The Morgan fingerprint density at radius 3 is 1.33 bits per heavy atom. The lowest BCUT2D eigenvalue weighted by atomic mass is 9.90. The molecule has 18 nitrogen and oxygen atoms in total. The Bertz CT molecular complexity index is 6230. The quantitative estimate of drug-likeness (QED) is 0.124. The molecule has 10 aromatic heterocycles. The SMILES string of the molecule is C.CC(C)(C)[n+]1c2ccccc2c(Cl)c2ccccc21.CC(C)(C)[n+]1cccc2ccccc21.CC(C)(C)[n+]1cccnc1.CC(C)(C)[n+]1ccco1.CC(C)(C)[n+]1cccs1.CC(C)(C)[n+]1ccnc2ccccc21.CC(C)(C)[n+]1ncnn1-c1ccccc1.C[n+]1c(C(C)(C)C)ccc2ccccc21.Cc1cc(-c2ccccc2)o[n+]1C(C)(C)C.Cc1cc(C)[n+](C(C)(C)C)o1. The first-order valence-corrected chi connectivity index (χ1v) is 47.0. The lowest BCUT2D eigenvalue weighted by Crippen LogP contribution is -2.58. The van der Waals surface area contributed by atoms with E-state index < -0.39 is 0 Å². The summed E-state index contributed by atoms with van der Waals surface area (Å²) in [7, 11) is 2.14. The number of rotatable bonds is 2. The maximum absolute atomic E-state index is 6.58. The van der Waals surface area contributed by atoms with Crippen LogP contribution in [0.4, 0.5) is 0 Å². The summed E-state index contributed by atoms with van der Waals surface area (Å²) in [5.41, 5.74) is 13.9. The van der Waals surface area contributed by atoms with Gasteiger partial charge in [-0.25, -0.2) is 23.1 Å². The van der Waals surface area contributed by atoms with Gasteiger partial charge in [-0.2, -0.15) is 18.3 Å². The molecule has 0 radical (unpaired) electrons. The molecule has 17 rings (SSSR count). The van der Waals surface area contributed by atoms with Crippen LogP contribution in [0.15, 0.2) is 318 Å². The summed E-state index contributed by atoms with van der Waals surface area (Å²) in [6, 6.07) is 80.7. The molecule has 0 aliphatic carbocycles. The number of aromatic nitrogens is 15. The highest BCUT2D eigenvalue weighted by Crippen LogP contribution is 2.32. The molecule has 17 aromatic rings. The van der Waals surface area contributed by atoms with Gasteiger partial charge in [0.05, 0.1) is 50.8 Å². The van der Waals surface area contributed by atoms with Crippen molar-refractivity contribution in [2.24, 2.45) is 7.05 Å². The first kappa shape index (κ1) is 108. The summed E-state index contributed by atoms with van der Waals surface area (Å²) >= 11 is 8.33. The minimum atomic E-state index is -0.0770. The van der Waals surface area contributed by atoms with Gasteiger partial charge in [0.1, 0.15) is 47.1 Å². The number of para-hydroxylation sites is 7. The highest BCUT2D eigenvalue weighted by atomic mass is 35.5.